The number of rotatable bonds is 7. The van der Waals surface area contributed by atoms with Gasteiger partial charge >= 0.3 is 0 Å². The van der Waals surface area contributed by atoms with E-state index < -0.39 is 6.04 Å². The average molecular weight is 349 g/mol. The minimum absolute atomic E-state index is 0.0264. The van der Waals surface area contributed by atoms with Crippen molar-refractivity contribution in [3.8, 4) is 0 Å². The summed E-state index contributed by atoms with van der Waals surface area (Å²) in [5, 5.41) is 5.34. The normalized spacial score (nSPS) is 15.8. The number of aromatic nitrogens is 1. The number of nitrogens with zero attached hydrogens (tertiary/aromatic N) is 2. The summed E-state index contributed by atoms with van der Waals surface area (Å²) >= 11 is 0. The molecule has 1 saturated heterocycles. The predicted molar refractivity (Wildman–Crippen MR) is 94.9 cm³/mol. The van der Waals surface area contributed by atoms with E-state index in [2.05, 4.69) is 20.5 Å². The number of anilines is 1. The Balaban J connectivity index is 1.78. The van der Waals surface area contributed by atoms with E-state index in [1.165, 1.54) is 0 Å². The minimum Gasteiger partial charge on any atom is -0.378 e. The van der Waals surface area contributed by atoms with Crippen molar-refractivity contribution in [1.29, 1.82) is 0 Å². The fraction of sp³-hybridized carbons (Fsp3) is 0.588. The second kappa shape index (κ2) is 9.33. The SMILES string of the molecule is CC(C)[C@H](N)C(=O)NCC(=O)NCc1ccnc(N2CCOCC2)c1. The Bertz CT molecular complexity index is 587. The molecule has 1 aromatic rings. The summed E-state index contributed by atoms with van der Waals surface area (Å²) in [6.07, 6.45) is 1.73. The Morgan fingerprint density at radius 3 is 2.72 bits per heavy atom. The van der Waals surface area contributed by atoms with Gasteiger partial charge in [-0.3, -0.25) is 9.59 Å². The van der Waals surface area contributed by atoms with Crippen molar-refractivity contribution in [2.24, 2.45) is 11.7 Å². The lowest BCUT2D eigenvalue weighted by atomic mass is 10.1. The van der Waals surface area contributed by atoms with Crippen LogP contribution in [0.4, 0.5) is 5.82 Å². The molecule has 0 radical (unpaired) electrons. The first-order valence-electron chi connectivity index (χ1n) is 8.55. The molecule has 2 rings (SSSR count). The summed E-state index contributed by atoms with van der Waals surface area (Å²) in [7, 11) is 0. The molecule has 0 spiro atoms. The number of carbonyl (C=O) groups is 2. The van der Waals surface area contributed by atoms with Gasteiger partial charge in [0.2, 0.25) is 11.8 Å². The fourth-order valence-electron chi connectivity index (χ4n) is 2.39. The first-order valence-corrected chi connectivity index (χ1v) is 8.55. The number of hydrogen-bond donors (Lipinski definition) is 3. The van der Waals surface area contributed by atoms with Gasteiger partial charge in [-0.15, -0.1) is 0 Å². The van der Waals surface area contributed by atoms with Crippen LogP contribution >= 0.6 is 0 Å². The van der Waals surface area contributed by atoms with E-state index in [4.69, 9.17) is 10.5 Å². The molecule has 25 heavy (non-hydrogen) atoms. The number of morpholine rings is 1. The van der Waals surface area contributed by atoms with Crippen LogP contribution in [-0.2, 0) is 20.9 Å². The summed E-state index contributed by atoms with van der Waals surface area (Å²) in [6.45, 7) is 7.03. The zero-order valence-corrected chi connectivity index (χ0v) is 14.8. The van der Waals surface area contributed by atoms with E-state index >= 15 is 0 Å². The van der Waals surface area contributed by atoms with Crippen molar-refractivity contribution in [2.75, 3.05) is 37.7 Å². The molecule has 1 fully saturated rings. The molecule has 2 amide bonds. The third-order valence-corrected chi connectivity index (χ3v) is 4.08. The minimum atomic E-state index is -0.607. The molecule has 0 unspecified atom stereocenters. The van der Waals surface area contributed by atoms with Gasteiger partial charge in [0, 0.05) is 25.8 Å². The van der Waals surface area contributed by atoms with E-state index in [-0.39, 0.29) is 24.3 Å². The maximum absolute atomic E-state index is 11.9. The summed E-state index contributed by atoms with van der Waals surface area (Å²) in [4.78, 5) is 30.2. The molecular weight excluding hydrogens is 322 g/mol. The Kier molecular flexibility index (Phi) is 7.15. The van der Waals surface area contributed by atoms with Crippen LogP contribution in [0.15, 0.2) is 18.3 Å². The Labute approximate surface area is 148 Å². The summed E-state index contributed by atoms with van der Waals surface area (Å²) < 4.78 is 5.34. The number of pyridine rings is 1. The third-order valence-electron chi connectivity index (χ3n) is 4.08. The highest BCUT2D eigenvalue weighted by Gasteiger charge is 2.17. The zero-order chi connectivity index (χ0) is 18.2. The number of nitrogens with one attached hydrogen (secondary N) is 2. The van der Waals surface area contributed by atoms with Gasteiger partial charge in [-0.1, -0.05) is 13.8 Å². The van der Waals surface area contributed by atoms with Crippen molar-refractivity contribution >= 4 is 17.6 Å². The van der Waals surface area contributed by atoms with Crippen molar-refractivity contribution in [3.05, 3.63) is 23.9 Å². The van der Waals surface area contributed by atoms with E-state index in [1.807, 2.05) is 26.0 Å². The second-order valence-corrected chi connectivity index (χ2v) is 6.39. The van der Waals surface area contributed by atoms with Crippen molar-refractivity contribution < 1.29 is 14.3 Å². The molecule has 0 saturated carbocycles. The molecule has 1 atom stereocenters. The Morgan fingerprint density at radius 2 is 2.04 bits per heavy atom. The maximum atomic E-state index is 11.9. The van der Waals surface area contributed by atoms with Gasteiger partial charge in [0.05, 0.1) is 25.8 Å². The van der Waals surface area contributed by atoms with Crippen molar-refractivity contribution in [2.45, 2.75) is 26.4 Å². The summed E-state index contributed by atoms with van der Waals surface area (Å²) in [5.74, 6) is 0.336. The molecule has 1 aromatic heterocycles. The van der Waals surface area contributed by atoms with Crippen LogP contribution in [0.3, 0.4) is 0 Å². The van der Waals surface area contributed by atoms with E-state index in [1.54, 1.807) is 6.20 Å². The monoisotopic (exact) mass is 349 g/mol. The van der Waals surface area contributed by atoms with Crippen LogP contribution in [0.2, 0.25) is 0 Å². The highest BCUT2D eigenvalue weighted by molar-refractivity contribution is 5.87. The van der Waals surface area contributed by atoms with Crippen LogP contribution in [0.5, 0.6) is 0 Å². The topological polar surface area (TPSA) is 110 Å². The van der Waals surface area contributed by atoms with Gasteiger partial charge in [0.15, 0.2) is 0 Å². The van der Waals surface area contributed by atoms with Crippen LogP contribution in [0.25, 0.3) is 0 Å². The van der Waals surface area contributed by atoms with Gasteiger partial charge in [-0.25, -0.2) is 4.98 Å². The average Bonchev–Trinajstić information content (AvgIpc) is 2.64. The lowest BCUT2D eigenvalue weighted by molar-refractivity contribution is -0.127. The number of amides is 2. The first kappa shape index (κ1) is 19.1. The fourth-order valence-corrected chi connectivity index (χ4v) is 2.39. The van der Waals surface area contributed by atoms with Gasteiger partial charge in [-0.05, 0) is 23.6 Å². The molecule has 0 aliphatic carbocycles. The molecule has 0 aromatic carbocycles. The molecule has 4 N–H and O–H groups in total. The van der Waals surface area contributed by atoms with Gasteiger partial charge < -0.3 is 26.0 Å². The van der Waals surface area contributed by atoms with E-state index in [0.717, 1.165) is 24.5 Å². The van der Waals surface area contributed by atoms with Gasteiger partial charge in [0.1, 0.15) is 5.82 Å². The molecule has 0 bridgehead atoms. The highest BCUT2D eigenvalue weighted by Crippen LogP contribution is 2.14. The standard InChI is InChI=1S/C17H27N5O3/c1-12(2)16(18)17(24)21-11-15(23)20-10-13-3-4-19-14(9-13)22-5-7-25-8-6-22/h3-4,9,12,16H,5-8,10-11,18H2,1-2H3,(H,20,23)(H,21,24)/t16-/m0/s1. The second-order valence-electron chi connectivity index (χ2n) is 6.39. The lowest BCUT2D eigenvalue weighted by Crippen LogP contribution is -2.47. The molecule has 1 aliphatic rings. The predicted octanol–water partition coefficient (Wildman–Crippen LogP) is -0.366. The van der Waals surface area contributed by atoms with Crippen molar-refractivity contribution in [3.63, 3.8) is 0 Å². The van der Waals surface area contributed by atoms with Gasteiger partial charge in [0.25, 0.3) is 0 Å². The summed E-state index contributed by atoms with van der Waals surface area (Å²) in [6, 6.07) is 3.21. The number of ether oxygens (including phenoxy) is 1. The maximum Gasteiger partial charge on any atom is 0.239 e. The highest BCUT2D eigenvalue weighted by atomic mass is 16.5. The Hall–Kier alpha value is -2.19. The van der Waals surface area contributed by atoms with E-state index in [0.29, 0.717) is 19.8 Å². The number of nitrogens with two attached hydrogens (primary N) is 1. The zero-order valence-electron chi connectivity index (χ0n) is 14.8. The quantitative estimate of drug-likeness (QED) is 0.620. The van der Waals surface area contributed by atoms with E-state index in [9.17, 15) is 9.59 Å². The number of hydrogen-bond acceptors (Lipinski definition) is 6. The summed E-state index contributed by atoms with van der Waals surface area (Å²) in [5.41, 5.74) is 6.69. The van der Waals surface area contributed by atoms with Crippen LogP contribution in [0, 0.1) is 5.92 Å². The molecule has 8 nitrogen and oxygen atoms in total. The molecule has 1 aliphatic heterocycles. The van der Waals surface area contributed by atoms with Crippen LogP contribution in [0.1, 0.15) is 19.4 Å². The molecule has 138 valence electrons. The molecular formula is C17H27N5O3. The number of carbonyl (C=O) groups excluding carboxylic acids is 2. The van der Waals surface area contributed by atoms with Gasteiger partial charge in [-0.2, -0.15) is 0 Å². The third kappa shape index (κ3) is 5.99. The Morgan fingerprint density at radius 1 is 1.32 bits per heavy atom. The van der Waals surface area contributed by atoms with Crippen molar-refractivity contribution in [1.82, 2.24) is 15.6 Å². The van der Waals surface area contributed by atoms with Crippen LogP contribution < -0.4 is 21.3 Å². The smallest absolute Gasteiger partial charge is 0.239 e. The van der Waals surface area contributed by atoms with Crippen LogP contribution in [-0.4, -0.2) is 55.7 Å². The molecule has 8 heteroatoms. The molecule has 2 heterocycles. The lowest BCUT2D eigenvalue weighted by Gasteiger charge is -2.28. The largest absolute Gasteiger partial charge is 0.378 e. The first-order chi connectivity index (χ1) is 12.0.